The highest BCUT2D eigenvalue weighted by Crippen LogP contribution is 2.09. The van der Waals surface area contributed by atoms with Crippen LogP contribution in [0.2, 0.25) is 0 Å². The summed E-state index contributed by atoms with van der Waals surface area (Å²) in [6, 6.07) is 6.96. The van der Waals surface area contributed by atoms with Crippen molar-refractivity contribution in [2.75, 3.05) is 0 Å². The predicted molar refractivity (Wildman–Crippen MR) is 69.7 cm³/mol. The standard InChI is InChI=1S/C13H18N2S/c1-11(8-12-5-7-16-10-12)14-9-13-4-3-6-15(13)2/h3-7,10-11,14H,8-9H2,1-2H3. The van der Waals surface area contributed by atoms with Crippen LogP contribution in [0.4, 0.5) is 0 Å². The maximum Gasteiger partial charge on any atom is 0.0361 e. The van der Waals surface area contributed by atoms with Gasteiger partial charge in [-0.25, -0.2) is 0 Å². The number of nitrogens with zero attached hydrogens (tertiary/aromatic N) is 1. The topological polar surface area (TPSA) is 17.0 Å². The first-order valence-corrected chi connectivity index (χ1v) is 6.54. The highest BCUT2D eigenvalue weighted by molar-refractivity contribution is 7.07. The molecule has 1 unspecified atom stereocenters. The molecule has 0 aromatic carbocycles. The minimum absolute atomic E-state index is 0.518. The Balaban J connectivity index is 1.80. The van der Waals surface area contributed by atoms with Gasteiger partial charge in [-0.1, -0.05) is 0 Å². The normalized spacial score (nSPS) is 12.9. The molecule has 0 saturated heterocycles. The lowest BCUT2D eigenvalue weighted by atomic mass is 10.1. The van der Waals surface area contributed by atoms with Gasteiger partial charge in [0.2, 0.25) is 0 Å². The van der Waals surface area contributed by atoms with Gasteiger partial charge >= 0.3 is 0 Å². The molecule has 2 heterocycles. The third kappa shape index (κ3) is 2.97. The van der Waals surface area contributed by atoms with Gasteiger partial charge in [0.25, 0.3) is 0 Å². The van der Waals surface area contributed by atoms with Crippen molar-refractivity contribution in [3.63, 3.8) is 0 Å². The Labute approximate surface area is 101 Å². The predicted octanol–water partition coefficient (Wildman–Crippen LogP) is 2.81. The van der Waals surface area contributed by atoms with Crippen LogP contribution in [0.1, 0.15) is 18.2 Å². The van der Waals surface area contributed by atoms with Crippen LogP contribution in [0.5, 0.6) is 0 Å². The van der Waals surface area contributed by atoms with Crippen molar-refractivity contribution in [3.8, 4) is 0 Å². The molecule has 0 amide bonds. The third-order valence-corrected chi connectivity index (χ3v) is 3.54. The molecule has 0 saturated carbocycles. The minimum atomic E-state index is 0.518. The van der Waals surface area contributed by atoms with E-state index in [2.05, 4.69) is 59.0 Å². The smallest absolute Gasteiger partial charge is 0.0361 e. The molecule has 0 spiro atoms. The van der Waals surface area contributed by atoms with E-state index in [0.29, 0.717) is 6.04 Å². The van der Waals surface area contributed by atoms with Gasteiger partial charge in [0.15, 0.2) is 0 Å². The van der Waals surface area contributed by atoms with Crippen molar-refractivity contribution in [1.29, 1.82) is 0 Å². The quantitative estimate of drug-likeness (QED) is 0.842. The van der Waals surface area contributed by atoms with Crippen LogP contribution in [-0.4, -0.2) is 10.6 Å². The summed E-state index contributed by atoms with van der Waals surface area (Å²) in [5.74, 6) is 0. The van der Waals surface area contributed by atoms with Gasteiger partial charge in [0.1, 0.15) is 0 Å². The first kappa shape index (κ1) is 11.4. The summed E-state index contributed by atoms with van der Waals surface area (Å²) in [5, 5.41) is 7.91. The molecule has 0 bridgehead atoms. The maximum atomic E-state index is 3.55. The molecule has 86 valence electrons. The summed E-state index contributed by atoms with van der Waals surface area (Å²) in [6.07, 6.45) is 3.19. The van der Waals surface area contributed by atoms with Crippen LogP contribution in [0.3, 0.4) is 0 Å². The first-order valence-electron chi connectivity index (χ1n) is 5.60. The van der Waals surface area contributed by atoms with E-state index in [-0.39, 0.29) is 0 Å². The Hall–Kier alpha value is -1.06. The number of hydrogen-bond acceptors (Lipinski definition) is 2. The van der Waals surface area contributed by atoms with E-state index in [4.69, 9.17) is 0 Å². The molecule has 0 aliphatic carbocycles. The molecule has 0 aliphatic rings. The molecule has 16 heavy (non-hydrogen) atoms. The van der Waals surface area contributed by atoms with Gasteiger partial charge in [-0.05, 0) is 47.9 Å². The summed E-state index contributed by atoms with van der Waals surface area (Å²) < 4.78 is 2.16. The Morgan fingerprint density at radius 2 is 2.31 bits per heavy atom. The average molecular weight is 234 g/mol. The van der Waals surface area contributed by atoms with E-state index in [0.717, 1.165) is 13.0 Å². The van der Waals surface area contributed by atoms with Gasteiger partial charge in [0, 0.05) is 31.5 Å². The van der Waals surface area contributed by atoms with Gasteiger partial charge in [-0.3, -0.25) is 0 Å². The van der Waals surface area contributed by atoms with E-state index < -0.39 is 0 Å². The monoisotopic (exact) mass is 234 g/mol. The fourth-order valence-corrected chi connectivity index (χ4v) is 2.47. The zero-order valence-electron chi connectivity index (χ0n) is 9.81. The van der Waals surface area contributed by atoms with Gasteiger partial charge < -0.3 is 9.88 Å². The van der Waals surface area contributed by atoms with Crippen molar-refractivity contribution in [1.82, 2.24) is 9.88 Å². The lowest BCUT2D eigenvalue weighted by Gasteiger charge is -2.13. The zero-order chi connectivity index (χ0) is 11.4. The molecule has 2 rings (SSSR count). The summed E-state index contributed by atoms with van der Waals surface area (Å²) in [4.78, 5) is 0. The molecule has 0 fully saturated rings. The molecule has 3 heteroatoms. The first-order chi connectivity index (χ1) is 7.75. The van der Waals surface area contributed by atoms with Crippen LogP contribution < -0.4 is 5.32 Å². The molecule has 2 aromatic rings. The second kappa shape index (κ2) is 5.32. The second-order valence-electron chi connectivity index (χ2n) is 4.23. The van der Waals surface area contributed by atoms with Crippen molar-refractivity contribution >= 4 is 11.3 Å². The lowest BCUT2D eigenvalue weighted by Crippen LogP contribution is -2.28. The molecule has 1 atom stereocenters. The number of aryl methyl sites for hydroxylation is 1. The Kier molecular flexibility index (Phi) is 3.80. The largest absolute Gasteiger partial charge is 0.353 e. The SMILES string of the molecule is CC(Cc1ccsc1)NCc1cccn1C. The third-order valence-electron chi connectivity index (χ3n) is 2.80. The second-order valence-corrected chi connectivity index (χ2v) is 5.01. The van der Waals surface area contributed by atoms with Crippen molar-refractivity contribution in [2.24, 2.45) is 7.05 Å². The molecular weight excluding hydrogens is 216 g/mol. The van der Waals surface area contributed by atoms with Crippen LogP contribution in [-0.2, 0) is 20.0 Å². The molecular formula is C13H18N2S. The summed E-state index contributed by atoms with van der Waals surface area (Å²) in [7, 11) is 2.08. The number of thiophene rings is 1. The highest BCUT2D eigenvalue weighted by atomic mass is 32.1. The van der Waals surface area contributed by atoms with Crippen LogP contribution in [0.25, 0.3) is 0 Å². The summed E-state index contributed by atoms with van der Waals surface area (Å²) in [6.45, 7) is 3.18. The van der Waals surface area contributed by atoms with Crippen molar-refractivity contribution in [2.45, 2.75) is 25.9 Å². The van der Waals surface area contributed by atoms with Crippen LogP contribution in [0.15, 0.2) is 35.2 Å². The Morgan fingerprint density at radius 1 is 1.44 bits per heavy atom. The molecule has 1 N–H and O–H groups in total. The van der Waals surface area contributed by atoms with E-state index in [1.165, 1.54) is 11.3 Å². The number of nitrogens with one attached hydrogen (secondary N) is 1. The molecule has 0 aliphatic heterocycles. The van der Waals surface area contributed by atoms with Gasteiger partial charge in [0.05, 0.1) is 0 Å². The summed E-state index contributed by atoms with van der Waals surface area (Å²) in [5.41, 5.74) is 2.76. The number of aromatic nitrogens is 1. The zero-order valence-corrected chi connectivity index (χ0v) is 10.6. The average Bonchev–Trinajstić information content (AvgIpc) is 2.87. The fraction of sp³-hybridized carbons (Fsp3) is 0.385. The Bertz CT molecular complexity index is 417. The van der Waals surface area contributed by atoms with Gasteiger partial charge in [-0.2, -0.15) is 11.3 Å². The van der Waals surface area contributed by atoms with E-state index in [1.807, 2.05) is 0 Å². The van der Waals surface area contributed by atoms with Gasteiger partial charge in [-0.15, -0.1) is 0 Å². The molecule has 2 nitrogen and oxygen atoms in total. The van der Waals surface area contributed by atoms with Crippen molar-refractivity contribution in [3.05, 3.63) is 46.4 Å². The molecule has 2 aromatic heterocycles. The summed E-state index contributed by atoms with van der Waals surface area (Å²) >= 11 is 1.77. The van der Waals surface area contributed by atoms with E-state index >= 15 is 0 Å². The van der Waals surface area contributed by atoms with Crippen LogP contribution in [0, 0.1) is 0 Å². The number of hydrogen-bond donors (Lipinski definition) is 1. The van der Waals surface area contributed by atoms with E-state index in [9.17, 15) is 0 Å². The fourth-order valence-electron chi connectivity index (χ4n) is 1.79. The number of rotatable bonds is 5. The van der Waals surface area contributed by atoms with Crippen LogP contribution >= 0.6 is 11.3 Å². The molecule has 0 radical (unpaired) electrons. The Morgan fingerprint density at radius 3 is 2.94 bits per heavy atom. The lowest BCUT2D eigenvalue weighted by molar-refractivity contribution is 0.533. The highest BCUT2D eigenvalue weighted by Gasteiger charge is 2.04. The minimum Gasteiger partial charge on any atom is -0.353 e. The van der Waals surface area contributed by atoms with Crippen molar-refractivity contribution < 1.29 is 0 Å². The maximum absolute atomic E-state index is 3.55. The van der Waals surface area contributed by atoms with E-state index in [1.54, 1.807) is 11.3 Å².